The quantitative estimate of drug-likeness (QED) is 0.827. The van der Waals surface area contributed by atoms with Crippen LogP contribution >= 0.6 is 23.2 Å². The third-order valence-electron chi connectivity index (χ3n) is 2.09. The van der Waals surface area contributed by atoms with Gasteiger partial charge in [-0.25, -0.2) is 9.36 Å². The summed E-state index contributed by atoms with van der Waals surface area (Å²) in [4.78, 5) is 24.5. The van der Waals surface area contributed by atoms with E-state index in [1.165, 1.54) is 6.07 Å². The highest BCUT2D eigenvalue weighted by atomic mass is 35.5. The summed E-state index contributed by atoms with van der Waals surface area (Å²) in [7, 11) is 0. The van der Waals surface area contributed by atoms with Crippen molar-refractivity contribution in [3.05, 3.63) is 55.1 Å². The Morgan fingerprint density at radius 2 is 1.94 bits per heavy atom. The topological polar surface area (TPSA) is 75.1 Å². The van der Waals surface area contributed by atoms with Gasteiger partial charge in [0, 0.05) is 0 Å². The summed E-state index contributed by atoms with van der Waals surface area (Å²) in [5.41, 5.74) is -1.29. The zero-order chi connectivity index (χ0) is 12.6. The fourth-order valence-electron chi connectivity index (χ4n) is 1.38. The lowest BCUT2D eigenvalue weighted by Gasteiger charge is -2.09. The standard InChI is InChI=1S/C10H6Cl2N2O3/c11-5-2-1-3-6(9(5)12)14-8(16)4-7(15)13-10(14)17/h1-4,16H,(H,13,15,17). The second-order valence-electron chi connectivity index (χ2n) is 3.21. The number of aromatic amines is 1. The van der Waals surface area contributed by atoms with Crippen LogP contribution in [0.1, 0.15) is 0 Å². The molecule has 1 aromatic carbocycles. The minimum atomic E-state index is -0.792. The molecule has 0 saturated carbocycles. The van der Waals surface area contributed by atoms with E-state index in [1.54, 1.807) is 12.1 Å². The summed E-state index contributed by atoms with van der Waals surface area (Å²) < 4.78 is 0.857. The van der Waals surface area contributed by atoms with Crippen LogP contribution in [0.5, 0.6) is 5.88 Å². The summed E-state index contributed by atoms with van der Waals surface area (Å²) in [6, 6.07) is 5.48. The van der Waals surface area contributed by atoms with Crippen molar-refractivity contribution in [3.63, 3.8) is 0 Å². The highest BCUT2D eigenvalue weighted by Crippen LogP contribution is 2.28. The average molecular weight is 273 g/mol. The first-order valence-corrected chi connectivity index (χ1v) is 5.26. The molecule has 17 heavy (non-hydrogen) atoms. The molecule has 0 saturated heterocycles. The molecule has 0 fully saturated rings. The first-order chi connectivity index (χ1) is 8.00. The van der Waals surface area contributed by atoms with E-state index in [9.17, 15) is 14.7 Å². The van der Waals surface area contributed by atoms with Gasteiger partial charge < -0.3 is 5.11 Å². The molecule has 0 bridgehead atoms. The number of rotatable bonds is 1. The lowest BCUT2D eigenvalue weighted by Crippen LogP contribution is -2.28. The molecular weight excluding hydrogens is 267 g/mol. The Labute approximate surface area is 105 Å². The van der Waals surface area contributed by atoms with Gasteiger partial charge in [0.1, 0.15) is 0 Å². The molecule has 0 aliphatic carbocycles. The van der Waals surface area contributed by atoms with Gasteiger partial charge in [0.05, 0.1) is 21.8 Å². The number of halogens is 2. The Morgan fingerprint density at radius 1 is 1.24 bits per heavy atom. The highest BCUT2D eigenvalue weighted by molar-refractivity contribution is 6.43. The molecule has 1 aromatic heterocycles. The van der Waals surface area contributed by atoms with E-state index in [2.05, 4.69) is 0 Å². The van der Waals surface area contributed by atoms with Crippen molar-refractivity contribution in [3.8, 4) is 11.6 Å². The molecule has 88 valence electrons. The van der Waals surface area contributed by atoms with Crippen molar-refractivity contribution in [1.82, 2.24) is 9.55 Å². The summed E-state index contributed by atoms with van der Waals surface area (Å²) in [5, 5.41) is 9.93. The molecule has 0 atom stereocenters. The van der Waals surface area contributed by atoms with Crippen LogP contribution < -0.4 is 11.2 Å². The van der Waals surface area contributed by atoms with Gasteiger partial charge in [-0.15, -0.1) is 0 Å². The van der Waals surface area contributed by atoms with Crippen LogP contribution in [-0.4, -0.2) is 14.7 Å². The van der Waals surface area contributed by atoms with Crippen molar-refractivity contribution < 1.29 is 5.11 Å². The molecule has 0 radical (unpaired) electrons. The lowest BCUT2D eigenvalue weighted by molar-refractivity contribution is 0.431. The average Bonchev–Trinajstić information content (AvgIpc) is 2.23. The molecule has 0 aliphatic heterocycles. The maximum atomic E-state index is 11.6. The number of aromatic nitrogens is 2. The van der Waals surface area contributed by atoms with Gasteiger partial charge in [0.2, 0.25) is 5.88 Å². The second kappa shape index (κ2) is 4.27. The molecule has 0 spiro atoms. The van der Waals surface area contributed by atoms with Gasteiger partial charge in [-0.1, -0.05) is 29.3 Å². The van der Waals surface area contributed by atoms with Gasteiger partial charge in [0.15, 0.2) is 0 Å². The van der Waals surface area contributed by atoms with Gasteiger partial charge in [-0.2, -0.15) is 0 Å². The van der Waals surface area contributed by atoms with Gasteiger partial charge in [-0.05, 0) is 12.1 Å². The minimum Gasteiger partial charge on any atom is -0.494 e. The fourth-order valence-corrected chi connectivity index (χ4v) is 1.76. The Hall–Kier alpha value is -1.72. The number of nitrogens with one attached hydrogen (secondary N) is 1. The molecule has 2 N–H and O–H groups in total. The lowest BCUT2D eigenvalue weighted by atomic mass is 10.3. The Morgan fingerprint density at radius 3 is 2.59 bits per heavy atom. The normalized spacial score (nSPS) is 10.5. The van der Waals surface area contributed by atoms with Crippen LogP contribution in [0.4, 0.5) is 0 Å². The van der Waals surface area contributed by atoms with Gasteiger partial charge >= 0.3 is 5.69 Å². The molecule has 0 aliphatic rings. The van der Waals surface area contributed by atoms with Crippen molar-refractivity contribution in [2.24, 2.45) is 0 Å². The highest BCUT2D eigenvalue weighted by Gasteiger charge is 2.12. The van der Waals surface area contributed by atoms with E-state index < -0.39 is 17.1 Å². The predicted molar refractivity (Wildman–Crippen MR) is 64.3 cm³/mol. The predicted octanol–water partition coefficient (Wildman–Crippen LogP) is 1.54. The number of hydrogen-bond donors (Lipinski definition) is 2. The van der Waals surface area contributed by atoms with Crippen LogP contribution in [0.3, 0.4) is 0 Å². The zero-order valence-corrected chi connectivity index (χ0v) is 9.79. The number of benzene rings is 1. The van der Waals surface area contributed by atoms with Crippen molar-refractivity contribution in [2.45, 2.75) is 0 Å². The van der Waals surface area contributed by atoms with Crippen LogP contribution in [0.15, 0.2) is 33.9 Å². The molecule has 1 heterocycles. The van der Waals surface area contributed by atoms with E-state index in [0.717, 1.165) is 10.6 Å². The molecule has 5 nitrogen and oxygen atoms in total. The Bertz CT molecular complexity index is 691. The first-order valence-electron chi connectivity index (χ1n) is 4.50. The summed E-state index contributed by atoms with van der Waals surface area (Å²) in [5.74, 6) is -0.511. The second-order valence-corrected chi connectivity index (χ2v) is 3.99. The van der Waals surface area contributed by atoms with Gasteiger partial charge in [-0.3, -0.25) is 9.78 Å². The molecule has 7 heteroatoms. The maximum Gasteiger partial charge on any atom is 0.335 e. The summed E-state index contributed by atoms with van der Waals surface area (Å²) in [6.07, 6.45) is 0. The fraction of sp³-hybridized carbons (Fsp3) is 0. The molecule has 2 aromatic rings. The number of H-pyrrole nitrogens is 1. The number of nitrogens with zero attached hydrogens (tertiary/aromatic N) is 1. The number of aromatic hydroxyl groups is 1. The Balaban J connectivity index is 2.82. The van der Waals surface area contributed by atoms with E-state index in [0.29, 0.717) is 0 Å². The SMILES string of the molecule is O=c1cc(O)n(-c2cccc(Cl)c2Cl)c(=O)[nH]1. The minimum absolute atomic E-state index is 0.110. The first kappa shape index (κ1) is 11.8. The van der Waals surface area contributed by atoms with Crippen LogP contribution in [0, 0.1) is 0 Å². The third kappa shape index (κ3) is 2.07. The number of hydrogen-bond acceptors (Lipinski definition) is 3. The van der Waals surface area contributed by atoms with E-state index in [1.807, 2.05) is 4.98 Å². The molecule has 0 unspecified atom stereocenters. The third-order valence-corrected chi connectivity index (χ3v) is 2.90. The van der Waals surface area contributed by atoms with Gasteiger partial charge in [0.25, 0.3) is 5.56 Å². The van der Waals surface area contributed by atoms with Crippen LogP contribution in [0.25, 0.3) is 5.69 Å². The summed E-state index contributed by atoms with van der Waals surface area (Å²) >= 11 is 11.7. The van der Waals surface area contributed by atoms with E-state index in [-0.39, 0.29) is 15.7 Å². The smallest absolute Gasteiger partial charge is 0.335 e. The van der Waals surface area contributed by atoms with Crippen LogP contribution in [0.2, 0.25) is 10.0 Å². The Kier molecular flexibility index (Phi) is 2.95. The molecule has 0 amide bonds. The van der Waals surface area contributed by atoms with Crippen molar-refractivity contribution in [2.75, 3.05) is 0 Å². The van der Waals surface area contributed by atoms with Crippen molar-refractivity contribution >= 4 is 23.2 Å². The largest absolute Gasteiger partial charge is 0.494 e. The molecule has 2 rings (SSSR count). The van der Waals surface area contributed by atoms with E-state index >= 15 is 0 Å². The van der Waals surface area contributed by atoms with Crippen molar-refractivity contribution in [1.29, 1.82) is 0 Å². The zero-order valence-electron chi connectivity index (χ0n) is 8.28. The van der Waals surface area contributed by atoms with E-state index in [4.69, 9.17) is 23.2 Å². The van der Waals surface area contributed by atoms with Crippen LogP contribution in [-0.2, 0) is 0 Å². The molecular formula is C10H6Cl2N2O3. The monoisotopic (exact) mass is 272 g/mol. The summed E-state index contributed by atoms with van der Waals surface area (Å²) in [6.45, 7) is 0. The maximum absolute atomic E-state index is 11.6.